The van der Waals surface area contributed by atoms with Gasteiger partial charge in [-0.05, 0) is 12.1 Å². The zero-order chi connectivity index (χ0) is 11.3. The first kappa shape index (κ1) is 11.4. The van der Waals surface area contributed by atoms with E-state index >= 15 is 0 Å². The van der Waals surface area contributed by atoms with Gasteiger partial charge in [0.05, 0.1) is 25.3 Å². The molecule has 1 aromatic carbocycles. The van der Waals surface area contributed by atoms with Gasteiger partial charge in [0, 0.05) is 11.6 Å². The molecule has 0 radical (unpaired) electrons. The molecule has 4 heteroatoms. The van der Waals surface area contributed by atoms with E-state index in [1.165, 1.54) is 13.2 Å². The molecule has 0 saturated carbocycles. The molecule has 0 bridgehead atoms. The predicted molar refractivity (Wildman–Crippen MR) is 59.0 cm³/mol. The molecule has 0 aromatic heterocycles. The standard InChI is InChI=1S/C11H10ClNO2/c1-14-10-5-3-4-8(11(10)15-2)9(12)6-7-13/h3-6H,1-2H3/b9-6-. The molecule has 78 valence electrons. The number of ether oxygens (including phenoxy) is 2. The third-order valence-electron chi connectivity index (χ3n) is 1.85. The summed E-state index contributed by atoms with van der Waals surface area (Å²) in [6, 6.07) is 7.17. The van der Waals surface area contributed by atoms with Crippen molar-refractivity contribution in [2.24, 2.45) is 0 Å². The van der Waals surface area contributed by atoms with E-state index in [0.717, 1.165) is 0 Å². The van der Waals surface area contributed by atoms with Crippen LogP contribution in [0.3, 0.4) is 0 Å². The van der Waals surface area contributed by atoms with Gasteiger partial charge in [0.25, 0.3) is 0 Å². The highest BCUT2D eigenvalue weighted by molar-refractivity contribution is 6.49. The van der Waals surface area contributed by atoms with Crippen molar-refractivity contribution >= 4 is 16.6 Å². The Morgan fingerprint density at radius 3 is 2.67 bits per heavy atom. The summed E-state index contributed by atoms with van der Waals surface area (Å²) in [5, 5.41) is 8.83. The number of nitriles is 1. The van der Waals surface area contributed by atoms with Crippen LogP contribution in [0, 0.1) is 11.3 Å². The van der Waals surface area contributed by atoms with E-state index in [-0.39, 0.29) is 0 Å². The van der Waals surface area contributed by atoms with Gasteiger partial charge >= 0.3 is 0 Å². The largest absolute Gasteiger partial charge is 0.493 e. The van der Waals surface area contributed by atoms with Gasteiger partial charge < -0.3 is 9.47 Å². The first-order valence-electron chi connectivity index (χ1n) is 4.21. The molecule has 0 aliphatic carbocycles. The molecule has 3 nitrogen and oxygen atoms in total. The maximum Gasteiger partial charge on any atom is 0.169 e. The van der Waals surface area contributed by atoms with Gasteiger partial charge in [-0.25, -0.2) is 0 Å². The Morgan fingerprint density at radius 1 is 1.40 bits per heavy atom. The van der Waals surface area contributed by atoms with Crippen molar-refractivity contribution in [2.75, 3.05) is 14.2 Å². The summed E-state index contributed by atoms with van der Waals surface area (Å²) in [4.78, 5) is 0. The second-order valence-electron chi connectivity index (χ2n) is 2.66. The van der Waals surface area contributed by atoms with Crippen molar-refractivity contribution in [1.29, 1.82) is 5.26 Å². The number of nitrogens with zero attached hydrogens (tertiary/aromatic N) is 1. The lowest BCUT2D eigenvalue weighted by Gasteiger charge is -2.11. The fourth-order valence-corrected chi connectivity index (χ4v) is 1.41. The number of halogens is 1. The van der Waals surface area contributed by atoms with E-state index < -0.39 is 0 Å². The minimum atomic E-state index is 0.327. The van der Waals surface area contributed by atoms with E-state index in [4.69, 9.17) is 26.3 Å². The Hall–Kier alpha value is -1.66. The zero-order valence-electron chi connectivity index (χ0n) is 8.45. The lowest BCUT2D eigenvalue weighted by Crippen LogP contribution is -1.93. The fourth-order valence-electron chi connectivity index (χ4n) is 1.21. The third-order valence-corrected chi connectivity index (χ3v) is 2.16. The molecule has 15 heavy (non-hydrogen) atoms. The lowest BCUT2D eigenvalue weighted by atomic mass is 10.1. The van der Waals surface area contributed by atoms with Crippen LogP contribution in [-0.2, 0) is 0 Å². The van der Waals surface area contributed by atoms with E-state index in [1.54, 1.807) is 25.3 Å². The highest BCUT2D eigenvalue weighted by atomic mass is 35.5. The first-order valence-corrected chi connectivity index (χ1v) is 4.59. The van der Waals surface area contributed by atoms with Crippen LogP contribution >= 0.6 is 11.6 Å². The van der Waals surface area contributed by atoms with Crippen molar-refractivity contribution in [3.63, 3.8) is 0 Å². The number of benzene rings is 1. The van der Waals surface area contributed by atoms with Gasteiger partial charge in [0.1, 0.15) is 0 Å². The van der Waals surface area contributed by atoms with Crippen LogP contribution in [0.4, 0.5) is 0 Å². The number of hydrogen-bond acceptors (Lipinski definition) is 3. The monoisotopic (exact) mass is 223 g/mol. The first-order chi connectivity index (χ1) is 7.24. The minimum Gasteiger partial charge on any atom is -0.493 e. The predicted octanol–water partition coefficient (Wildman–Crippen LogP) is 2.81. The number of allylic oxidation sites excluding steroid dienone is 1. The van der Waals surface area contributed by atoms with Crippen LogP contribution in [-0.4, -0.2) is 14.2 Å². The van der Waals surface area contributed by atoms with Crippen molar-refractivity contribution in [3.8, 4) is 17.6 Å². The molecule has 1 rings (SSSR count). The molecule has 0 saturated heterocycles. The van der Waals surface area contributed by atoms with Gasteiger partial charge in [-0.1, -0.05) is 17.7 Å². The molecule has 0 aliphatic heterocycles. The summed E-state index contributed by atoms with van der Waals surface area (Å²) in [6.07, 6.45) is 1.25. The average molecular weight is 224 g/mol. The van der Waals surface area contributed by atoms with E-state index in [0.29, 0.717) is 22.1 Å². The van der Waals surface area contributed by atoms with E-state index in [1.807, 2.05) is 6.07 Å². The summed E-state index contributed by atoms with van der Waals surface area (Å²) < 4.78 is 10.3. The van der Waals surface area contributed by atoms with Crippen LogP contribution in [0.2, 0.25) is 0 Å². The Bertz CT molecular complexity index is 421. The van der Waals surface area contributed by atoms with Crippen molar-refractivity contribution in [1.82, 2.24) is 0 Å². The summed E-state index contributed by atoms with van der Waals surface area (Å²) in [5.41, 5.74) is 0.639. The van der Waals surface area contributed by atoms with Gasteiger partial charge in [-0.2, -0.15) is 5.26 Å². The molecule has 0 aliphatic rings. The van der Waals surface area contributed by atoms with Crippen LogP contribution in [0.1, 0.15) is 5.56 Å². The fraction of sp³-hybridized carbons (Fsp3) is 0.182. The molecule has 0 N–H and O–H groups in total. The van der Waals surface area contributed by atoms with Crippen molar-refractivity contribution < 1.29 is 9.47 Å². The zero-order valence-corrected chi connectivity index (χ0v) is 9.21. The quantitative estimate of drug-likeness (QED) is 0.740. The van der Waals surface area contributed by atoms with E-state index in [9.17, 15) is 0 Å². The second kappa shape index (κ2) is 5.28. The molecule has 0 spiro atoms. The average Bonchev–Trinajstić information content (AvgIpc) is 2.28. The Labute approximate surface area is 93.5 Å². The smallest absolute Gasteiger partial charge is 0.169 e. The Kier molecular flexibility index (Phi) is 4.02. The molecule has 0 atom stereocenters. The number of methoxy groups -OCH3 is 2. The molecular weight excluding hydrogens is 214 g/mol. The Morgan fingerprint density at radius 2 is 2.13 bits per heavy atom. The maximum atomic E-state index is 8.51. The van der Waals surface area contributed by atoms with Crippen LogP contribution in [0.15, 0.2) is 24.3 Å². The minimum absolute atomic E-state index is 0.327. The van der Waals surface area contributed by atoms with Crippen LogP contribution < -0.4 is 9.47 Å². The highest BCUT2D eigenvalue weighted by Gasteiger charge is 2.11. The van der Waals surface area contributed by atoms with Crippen molar-refractivity contribution in [3.05, 3.63) is 29.8 Å². The molecule has 0 heterocycles. The third kappa shape index (κ3) is 2.42. The van der Waals surface area contributed by atoms with Gasteiger partial charge in [0.15, 0.2) is 11.5 Å². The summed E-state index contributed by atoms with van der Waals surface area (Å²) in [7, 11) is 3.07. The summed E-state index contributed by atoms with van der Waals surface area (Å²) >= 11 is 5.92. The Balaban J connectivity index is 3.30. The molecule has 1 aromatic rings. The second-order valence-corrected chi connectivity index (χ2v) is 3.07. The topological polar surface area (TPSA) is 42.2 Å². The van der Waals surface area contributed by atoms with Gasteiger partial charge in [-0.3, -0.25) is 0 Å². The molecule has 0 amide bonds. The van der Waals surface area contributed by atoms with Crippen LogP contribution in [0.5, 0.6) is 11.5 Å². The van der Waals surface area contributed by atoms with Crippen molar-refractivity contribution in [2.45, 2.75) is 0 Å². The SMILES string of the molecule is COc1cccc(/C(Cl)=C/C#N)c1OC. The normalized spacial score (nSPS) is 10.7. The molecule has 0 unspecified atom stereocenters. The summed E-state index contributed by atoms with van der Waals surface area (Å²) in [6.45, 7) is 0. The van der Waals surface area contributed by atoms with E-state index in [2.05, 4.69) is 0 Å². The van der Waals surface area contributed by atoms with Gasteiger partial charge in [0.2, 0.25) is 0 Å². The number of rotatable bonds is 3. The molecule has 0 fully saturated rings. The molecular formula is C11H10ClNO2. The van der Waals surface area contributed by atoms with Crippen LogP contribution in [0.25, 0.3) is 5.03 Å². The van der Waals surface area contributed by atoms with Gasteiger partial charge in [-0.15, -0.1) is 0 Å². The number of para-hydroxylation sites is 1. The lowest BCUT2D eigenvalue weighted by molar-refractivity contribution is 0.354. The maximum absolute atomic E-state index is 8.51. The summed E-state index contributed by atoms with van der Waals surface area (Å²) in [5.74, 6) is 1.11. The number of hydrogen-bond donors (Lipinski definition) is 0. The highest BCUT2D eigenvalue weighted by Crippen LogP contribution is 2.36.